The lowest BCUT2D eigenvalue weighted by Gasteiger charge is -2.32. The van der Waals surface area contributed by atoms with Crippen LogP contribution in [0.25, 0.3) is 0 Å². The normalized spacial score (nSPS) is 30.6. The Morgan fingerprint density at radius 2 is 1.81 bits per heavy atom. The lowest BCUT2D eigenvalue weighted by Crippen LogP contribution is -2.43. The second kappa shape index (κ2) is 7.05. The summed E-state index contributed by atoms with van der Waals surface area (Å²) < 4.78 is 0. The average Bonchev–Trinajstić information content (AvgIpc) is 2.22. The Hall–Kier alpha value is -0.380. The second-order valence-electron chi connectivity index (χ2n) is 5.10. The minimum Gasteiger partial charge on any atom is -0.292 e. The fourth-order valence-electron chi connectivity index (χ4n) is 2.06. The average molecular weight is 225 g/mol. The topological polar surface area (TPSA) is 9.72 Å². The highest BCUT2D eigenvalue weighted by atomic mass is 15.6. The zero-order valence-electron chi connectivity index (χ0n) is 11.3. The summed E-state index contributed by atoms with van der Waals surface area (Å²) in [5, 5.41) is 4.63. The van der Waals surface area contributed by atoms with Crippen LogP contribution >= 0.6 is 0 Å². The van der Waals surface area contributed by atoms with Crippen LogP contribution in [0.15, 0.2) is 12.2 Å². The first-order chi connectivity index (χ1) is 7.59. The summed E-state index contributed by atoms with van der Waals surface area (Å²) in [5.41, 5.74) is 0. The van der Waals surface area contributed by atoms with Crippen molar-refractivity contribution in [1.29, 1.82) is 0 Å². The van der Waals surface area contributed by atoms with Gasteiger partial charge in [0.1, 0.15) is 0 Å². The van der Waals surface area contributed by atoms with Gasteiger partial charge in [-0.2, -0.15) is 0 Å². The van der Waals surface area contributed by atoms with Crippen molar-refractivity contribution < 1.29 is 0 Å². The molecule has 0 saturated heterocycles. The van der Waals surface area contributed by atoms with Crippen molar-refractivity contribution in [1.82, 2.24) is 14.9 Å². The molecule has 1 aliphatic rings. The van der Waals surface area contributed by atoms with Crippen molar-refractivity contribution in [3.05, 3.63) is 12.2 Å². The maximum absolute atomic E-state index is 2.37. The third-order valence-corrected chi connectivity index (χ3v) is 3.31. The molecule has 1 aliphatic heterocycles. The quantitative estimate of drug-likeness (QED) is 0.584. The Labute approximate surface area is 101 Å². The van der Waals surface area contributed by atoms with Crippen LogP contribution in [0.2, 0.25) is 0 Å². The molecule has 16 heavy (non-hydrogen) atoms. The molecule has 0 aliphatic carbocycles. The van der Waals surface area contributed by atoms with Gasteiger partial charge in [0.15, 0.2) is 0 Å². The van der Waals surface area contributed by atoms with Crippen LogP contribution in [0.5, 0.6) is 0 Å². The Balaban J connectivity index is 2.51. The van der Waals surface area contributed by atoms with Crippen molar-refractivity contribution in [2.75, 3.05) is 40.9 Å². The number of hydrogen-bond acceptors (Lipinski definition) is 3. The Kier molecular flexibility index (Phi) is 6.03. The summed E-state index contributed by atoms with van der Waals surface area (Å²) in [6, 6.07) is 0. The first-order valence-electron chi connectivity index (χ1n) is 6.37. The van der Waals surface area contributed by atoms with Crippen molar-refractivity contribution in [3.8, 4) is 0 Å². The van der Waals surface area contributed by atoms with E-state index in [-0.39, 0.29) is 0 Å². The Morgan fingerprint density at radius 1 is 1.06 bits per heavy atom. The summed E-state index contributed by atoms with van der Waals surface area (Å²) in [6.45, 7) is 5.62. The molecule has 0 radical (unpaired) electrons. The molecular weight excluding hydrogens is 198 g/mol. The molecule has 0 N–H and O–H groups in total. The molecule has 0 spiro atoms. The van der Waals surface area contributed by atoms with E-state index in [9.17, 15) is 0 Å². The van der Waals surface area contributed by atoms with Gasteiger partial charge in [0, 0.05) is 27.2 Å². The van der Waals surface area contributed by atoms with E-state index in [1.54, 1.807) is 0 Å². The van der Waals surface area contributed by atoms with Gasteiger partial charge >= 0.3 is 0 Å². The van der Waals surface area contributed by atoms with E-state index in [1.807, 2.05) is 0 Å². The predicted octanol–water partition coefficient (Wildman–Crippen LogP) is 2.03. The molecule has 0 aromatic heterocycles. The molecule has 1 rings (SSSR count). The van der Waals surface area contributed by atoms with Gasteiger partial charge in [-0.25, -0.2) is 10.0 Å². The van der Waals surface area contributed by atoms with Crippen LogP contribution in [0.1, 0.15) is 26.2 Å². The van der Waals surface area contributed by atoms with E-state index >= 15 is 0 Å². The first-order valence-corrected chi connectivity index (χ1v) is 6.37. The van der Waals surface area contributed by atoms with Crippen molar-refractivity contribution in [3.63, 3.8) is 0 Å². The standard InChI is InChI=1S/C13H27N3/c1-13-8-5-6-10-14(2)12-16(4)15(3)11-7-9-13/h5,8,13H,6-7,9-12H2,1-4H3/b8-5+. The minimum absolute atomic E-state index is 0.725. The minimum atomic E-state index is 0.725. The lowest BCUT2D eigenvalue weighted by atomic mass is 10.0. The van der Waals surface area contributed by atoms with Crippen molar-refractivity contribution >= 4 is 0 Å². The zero-order chi connectivity index (χ0) is 12.0. The molecule has 0 bridgehead atoms. The molecule has 3 heteroatoms. The summed E-state index contributed by atoms with van der Waals surface area (Å²) >= 11 is 0. The van der Waals surface area contributed by atoms with Crippen molar-refractivity contribution in [2.45, 2.75) is 26.2 Å². The Bertz CT molecular complexity index is 215. The SMILES string of the molecule is CC1/C=C/CCN(C)CN(C)N(C)CCC1. The fraction of sp³-hybridized carbons (Fsp3) is 0.846. The van der Waals surface area contributed by atoms with E-state index in [0.29, 0.717) is 0 Å². The molecule has 94 valence electrons. The summed E-state index contributed by atoms with van der Waals surface area (Å²) in [5.74, 6) is 0.725. The third kappa shape index (κ3) is 5.10. The van der Waals surface area contributed by atoms with Gasteiger partial charge in [0.25, 0.3) is 0 Å². The molecular formula is C13H27N3. The molecule has 0 saturated carbocycles. The molecule has 0 amide bonds. The molecule has 1 heterocycles. The molecule has 0 fully saturated rings. The molecule has 3 nitrogen and oxygen atoms in total. The first kappa shape index (κ1) is 13.7. The van der Waals surface area contributed by atoms with E-state index in [1.165, 1.54) is 19.3 Å². The maximum Gasteiger partial charge on any atom is 0.0642 e. The predicted molar refractivity (Wildman–Crippen MR) is 70.0 cm³/mol. The van der Waals surface area contributed by atoms with Crippen LogP contribution in [-0.4, -0.2) is 55.8 Å². The molecule has 1 unspecified atom stereocenters. The highest BCUT2D eigenvalue weighted by Crippen LogP contribution is 2.10. The number of nitrogens with zero attached hydrogens (tertiary/aromatic N) is 3. The van der Waals surface area contributed by atoms with Crippen molar-refractivity contribution in [2.24, 2.45) is 5.92 Å². The number of rotatable bonds is 0. The smallest absolute Gasteiger partial charge is 0.0642 e. The van der Waals surface area contributed by atoms with Crippen LogP contribution in [-0.2, 0) is 0 Å². The van der Waals surface area contributed by atoms with Gasteiger partial charge in [-0.3, -0.25) is 4.90 Å². The molecule has 1 atom stereocenters. The summed E-state index contributed by atoms with van der Waals surface area (Å²) in [7, 11) is 6.54. The monoisotopic (exact) mass is 225 g/mol. The summed E-state index contributed by atoms with van der Waals surface area (Å²) in [6.07, 6.45) is 8.45. The highest BCUT2D eigenvalue weighted by Gasteiger charge is 2.09. The van der Waals surface area contributed by atoms with E-state index < -0.39 is 0 Å². The van der Waals surface area contributed by atoms with E-state index in [4.69, 9.17) is 0 Å². The molecule has 0 aromatic rings. The third-order valence-electron chi connectivity index (χ3n) is 3.31. The number of hydrazine groups is 1. The number of hydrogen-bond donors (Lipinski definition) is 0. The van der Waals surface area contributed by atoms with Gasteiger partial charge < -0.3 is 0 Å². The highest BCUT2D eigenvalue weighted by molar-refractivity contribution is 4.87. The van der Waals surface area contributed by atoms with Gasteiger partial charge in [0.2, 0.25) is 0 Å². The van der Waals surface area contributed by atoms with E-state index in [0.717, 1.165) is 25.7 Å². The van der Waals surface area contributed by atoms with Gasteiger partial charge in [-0.1, -0.05) is 19.1 Å². The van der Waals surface area contributed by atoms with Gasteiger partial charge in [0.05, 0.1) is 6.67 Å². The zero-order valence-corrected chi connectivity index (χ0v) is 11.3. The fourth-order valence-corrected chi connectivity index (χ4v) is 2.06. The van der Waals surface area contributed by atoms with Crippen LogP contribution < -0.4 is 0 Å². The van der Waals surface area contributed by atoms with Crippen LogP contribution in [0, 0.1) is 5.92 Å². The van der Waals surface area contributed by atoms with Crippen LogP contribution in [0.3, 0.4) is 0 Å². The number of allylic oxidation sites excluding steroid dienone is 1. The van der Waals surface area contributed by atoms with E-state index in [2.05, 4.69) is 55.1 Å². The largest absolute Gasteiger partial charge is 0.292 e. The van der Waals surface area contributed by atoms with Gasteiger partial charge in [-0.15, -0.1) is 0 Å². The Morgan fingerprint density at radius 3 is 2.56 bits per heavy atom. The van der Waals surface area contributed by atoms with Crippen LogP contribution in [0.4, 0.5) is 0 Å². The van der Waals surface area contributed by atoms with Gasteiger partial charge in [-0.05, 0) is 32.2 Å². The maximum atomic E-state index is 2.37. The summed E-state index contributed by atoms with van der Waals surface area (Å²) in [4.78, 5) is 2.37. The molecule has 0 aromatic carbocycles. The lowest BCUT2D eigenvalue weighted by molar-refractivity contribution is -0.0159. The second-order valence-corrected chi connectivity index (χ2v) is 5.10.